The van der Waals surface area contributed by atoms with Crippen LogP contribution < -0.4 is 0 Å². The van der Waals surface area contributed by atoms with E-state index in [9.17, 15) is 13.6 Å². The molecule has 1 aromatic heterocycles. The smallest absolute Gasteiger partial charge is 0.337 e. The number of aromatic nitrogens is 1. The number of benzene rings is 2. The SMILES string of the molecule is COC(=O)c1ccc2c(c1)c1c(n2CCOCc2ccccc2)CCC(F)(F)C1. The maximum atomic E-state index is 14.1. The first-order valence-corrected chi connectivity index (χ1v) is 9.70. The van der Waals surface area contributed by atoms with Gasteiger partial charge in [-0.15, -0.1) is 0 Å². The Hall–Kier alpha value is -2.73. The number of fused-ring (bicyclic) bond motifs is 3. The second-order valence-electron chi connectivity index (χ2n) is 7.37. The summed E-state index contributed by atoms with van der Waals surface area (Å²) in [5.41, 5.74) is 3.86. The van der Waals surface area contributed by atoms with Gasteiger partial charge in [-0.1, -0.05) is 30.3 Å². The molecule has 4 nitrogen and oxygen atoms in total. The van der Waals surface area contributed by atoms with Gasteiger partial charge in [-0.2, -0.15) is 0 Å². The van der Waals surface area contributed by atoms with Crippen molar-refractivity contribution in [2.75, 3.05) is 13.7 Å². The second kappa shape index (κ2) is 7.95. The summed E-state index contributed by atoms with van der Waals surface area (Å²) >= 11 is 0. The van der Waals surface area contributed by atoms with Gasteiger partial charge in [0.25, 0.3) is 5.92 Å². The van der Waals surface area contributed by atoms with Gasteiger partial charge in [-0.25, -0.2) is 13.6 Å². The standard InChI is InChI=1S/C23H23F2NO3/c1-28-22(27)17-7-8-20-18(13-17)19-14-23(24,25)10-9-21(19)26(20)11-12-29-15-16-5-3-2-4-6-16/h2-8,13H,9-12,14-15H2,1H3. The molecule has 29 heavy (non-hydrogen) atoms. The van der Waals surface area contributed by atoms with Crippen molar-refractivity contribution in [1.29, 1.82) is 0 Å². The van der Waals surface area contributed by atoms with Crippen LogP contribution in [-0.4, -0.2) is 30.2 Å². The maximum absolute atomic E-state index is 14.1. The summed E-state index contributed by atoms with van der Waals surface area (Å²) in [6.45, 7) is 1.55. The van der Waals surface area contributed by atoms with Crippen molar-refractivity contribution in [3.05, 3.63) is 70.9 Å². The summed E-state index contributed by atoms with van der Waals surface area (Å²) in [6, 6.07) is 15.1. The third-order valence-corrected chi connectivity index (χ3v) is 5.44. The zero-order valence-corrected chi connectivity index (χ0v) is 16.3. The van der Waals surface area contributed by atoms with Crippen LogP contribution in [-0.2, 0) is 35.5 Å². The van der Waals surface area contributed by atoms with Crippen molar-refractivity contribution in [3.63, 3.8) is 0 Å². The number of carbonyl (C=O) groups excluding carboxylic acids is 1. The van der Waals surface area contributed by atoms with Gasteiger partial charge in [0.1, 0.15) is 0 Å². The van der Waals surface area contributed by atoms with Gasteiger partial charge in [0.15, 0.2) is 0 Å². The number of carbonyl (C=O) groups is 1. The van der Waals surface area contributed by atoms with Gasteiger partial charge in [-0.05, 0) is 35.7 Å². The van der Waals surface area contributed by atoms with E-state index in [2.05, 4.69) is 4.57 Å². The Morgan fingerprint density at radius 3 is 2.72 bits per heavy atom. The maximum Gasteiger partial charge on any atom is 0.337 e. The minimum absolute atomic E-state index is 0.162. The molecule has 0 fully saturated rings. The molecule has 0 spiro atoms. The first kappa shape index (κ1) is 19.6. The van der Waals surface area contributed by atoms with E-state index in [0.29, 0.717) is 42.7 Å². The zero-order chi connectivity index (χ0) is 20.4. The molecule has 1 aliphatic rings. The van der Waals surface area contributed by atoms with Gasteiger partial charge in [0, 0.05) is 36.0 Å². The molecule has 1 heterocycles. The molecule has 152 valence electrons. The molecule has 0 saturated heterocycles. The van der Waals surface area contributed by atoms with E-state index in [-0.39, 0.29) is 12.8 Å². The van der Waals surface area contributed by atoms with E-state index in [1.54, 1.807) is 12.1 Å². The first-order valence-electron chi connectivity index (χ1n) is 9.70. The molecule has 2 aromatic carbocycles. The number of esters is 1. The lowest BCUT2D eigenvalue weighted by Gasteiger charge is -2.23. The topological polar surface area (TPSA) is 40.5 Å². The van der Waals surface area contributed by atoms with E-state index >= 15 is 0 Å². The number of ether oxygens (including phenoxy) is 2. The Bertz CT molecular complexity index is 1030. The van der Waals surface area contributed by atoms with Gasteiger partial charge in [-0.3, -0.25) is 0 Å². The Morgan fingerprint density at radius 2 is 1.97 bits per heavy atom. The molecule has 6 heteroatoms. The second-order valence-corrected chi connectivity index (χ2v) is 7.37. The monoisotopic (exact) mass is 399 g/mol. The van der Waals surface area contributed by atoms with Gasteiger partial charge in [0.05, 0.1) is 25.9 Å². The summed E-state index contributed by atoms with van der Waals surface area (Å²) in [7, 11) is 1.31. The fourth-order valence-corrected chi connectivity index (χ4v) is 4.03. The van der Waals surface area contributed by atoms with Crippen LogP contribution in [0.3, 0.4) is 0 Å². The minimum Gasteiger partial charge on any atom is -0.465 e. The number of rotatable bonds is 6. The molecule has 0 amide bonds. The quantitative estimate of drug-likeness (QED) is 0.443. The average molecular weight is 399 g/mol. The lowest BCUT2D eigenvalue weighted by atomic mass is 9.92. The zero-order valence-electron chi connectivity index (χ0n) is 16.3. The van der Waals surface area contributed by atoms with Crippen LogP contribution in [0.25, 0.3) is 10.9 Å². The Balaban J connectivity index is 1.61. The number of halogens is 2. The third kappa shape index (κ3) is 4.03. The van der Waals surface area contributed by atoms with Crippen molar-refractivity contribution in [2.45, 2.75) is 38.3 Å². The Labute approximate surface area is 168 Å². The van der Waals surface area contributed by atoms with Crippen LogP contribution in [0.4, 0.5) is 8.78 Å². The van der Waals surface area contributed by atoms with Crippen molar-refractivity contribution in [1.82, 2.24) is 4.57 Å². The van der Waals surface area contributed by atoms with Gasteiger partial charge >= 0.3 is 5.97 Å². The van der Waals surface area contributed by atoms with E-state index < -0.39 is 11.9 Å². The summed E-state index contributed by atoms with van der Waals surface area (Å²) in [5.74, 6) is -3.20. The Morgan fingerprint density at radius 1 is 1.17 bits per heavy atom. The molecule has 0 atom stereocenters. The van der Waals surface area contributed by atoms with Crippen LogP contribution in [0.5, 0.6) is 0 Å². The van der Waals surface area contributed by atoms with E-state index in [4.69, 9.17) is 9.47 Å². The number of alkyl halides is 2. The molecule has 0 aliphatic heterocycles. The largest absolute Gasteiger partial charge is 0.465 e. The van der Waals surface area contributed by atoms with Crippen LogP contribution in [0.2, 0.25) is 0 Å². The Kier molecular flexibility index (Phi) is 5.37. The number of hydrogen-bond acceptors (Lipinski definition) is 3. The lowest BCUT2D eigenvalue weighted by Crippen LogP contribution is -2.26. The molecule has 1 aliphatic carbocycles. The van der Waals surface area contributed by atoms with E-state index in [1.807, 2.05) is 36.4 Å². The van der Waals surface area contributed by atoms with Crippen LogP contribution in [0, 0.1) is 0 Å². The highest BCUT2D eigenvalue weighted by atomic mass is 19.3. The molecule has 0 bridgehead atoms. The van der Waals surface area contributed by atoms with Crippen molar-refractivity contribution in [3.8, 4) is 0 Å². The highest BCUT2D eigenvalue weighted by Crippen LogP contribution is 2.39. The molecule has 0 saturated carbocycles. The fraction of sp³-hybridized carbons (Fsp3) is 0.348. The third-order valence-electron chi connectivity index (χ3n) is 5.44. The van der Waals surface area contributed by atoms with Crippen LogP contribution in [0.15, 0.2) is 48.5 Å². The molecule has 3 aromatic rings. The van der Waals surface area contributed by atoms with E-state index in [1.165, 1.54) is 7.11 Å². The molecule has 0 radical (unpaired) electrons. The molecule has 0 unspecified atom stereocenters. The number of nitrogens with zero attached hydrogens (tertiary/aromatic N) is 1. The van der Waals surface area contributed by atoms with Crippen LogP contribution >= 0.6 is 0 Å². The summed E-state index contributed by atoms with van der Waals surface area (Å²) < 4.78 is 40.9. The van der Waals surface area contributed by atoms with E-state index in [0.717, 1.165) is 16.8 Å². The predicted molar refractivity (Wildman–Crippen MR) is 106 cm³/mol. The lowest BCUT2D eigenvalue weighted by molar-refractivity contribution is -0.0126. The van der Waals surface area contributed by atoms with Crippen LogP contribution in [0.1, 0.15) is 33.6 Å². The van der Waals surface area contributed by atoms with Gasteiger partial charge in [0.2, 0.25) is 0 Å². The molecule has 4 rings (SSSR count). The van der Waals surface area contributed by atoms with Gasteiger partial charge < -0.3 is 14.0 Å². The first-order chi connectivity index (χ1) is 14.0. The molecule has 0 N–H and O–H groups in total. The summed E-state index contributed by atoms with van der Waals surface area (Å²) in [5, 5.41) is 0.699. The highest BCUT2D eigenvalue weighted by molar-refractivity contribution is 5.96. The highest BCUT2D eigenvalue weighted by Gasteiger charge is 2.37. The summed E-state index contributed by atoms with van der Waals surface area (Å²) in [4.78, 5) is 11.9. The van der Waals surface area contributed by atoms with Crippen molar-refractivity contribution in [2.24, 2.45) is 0 Å². The number of hydrogen-bond donors (Lipinski definition) is 0. The van der Waals surface area contributed by atoms with Crippen molar-refractivity contribution >= 4 is 16.9 Å². The average Bonchev–Trinajstić information content (AvgIpc) is 3.02. The number of methoxy groups -OCH3 is 1. The normalized spacial score (nSPS) is 15.3. The van der Waals surface area contributed by atoms with Crippen molar-refractivity contribution < 1.29 is 23.0 Å². The molecular formula is C23H23F2NO3. The molecular weight excluding hydrogens is 376 g/mol. The summed E-state index contributed by atoms with van der Waals surface area (Å²) in [6.07, 6.45) is -0.157. The predicted octanol–water partition coefficient (Wildman–Crippen LogP) is 4.77. The fourth-order valence-electron chi connectivity index (χ4n) is 4.03. The minimum atomic E-state index is -2.73.